The minimum atomic E-state index is -0.877. The van der Waals surface area contributed by atoms with Crippen LogP contribution in [0.1, 0.15) is 18.9 Å². The van der Waals surface area contributed by atoms with Crippen LogP contribution in [-0.2, 0) is 14.4 Å². The Bertz CT molecular complexity index is 1470. The summed E-state index contributed by atoms with van der Waals surface area (Å²) in [5.74, 6) is -0.0708. The number of methoxy groups -OCH3 is 2. The average molecular weight is 560 g/mol. The molecule has 0 saturated carbocycles. The maximum Gasteiger partial charge on any atom is 0.335 e. The molecule has 41 heavy (non-hydrogen) atoms. The first kappa shape index (κ1) is 28.7. The van der Waals surface area contributed by atoms with Gasteiger partial charge in [-0.15, -0.1) is 0 Å². The molecule has 1 aliphatic rings. The van der Waals surface area contributed by atoms with Crippen LogP contribution in [-0.4, -0.2) is 51.2 Å². The number of imide groups is 2. The van der Waals surface area contributed by atoms with E-state index in [4.69, 9.17) is 18.9 Å². The third kappa shape index (κ3) is 7.01. The van der Waals surface area contributed by atoms with Crippen LogP contribution in [0, 0.1) is 0 Å². The number of hydrogen-bond donors (Lipinski definition) is 2. The molecule has 0 aliphatic carbocycles. The Hall–Kier alpha value is -5.32. The number of ether oxygens (including phenoxy) is 4. The molecule has 5 amide bonds. The van der Waals surface area contributed by atoms with Crippen molar-refractivity contribution in [2.24, 2.45) is 0 Å². The Morgan fingerprint density at radius 1 is 0.878 bits per heavy atom. The maximum atomic E-state index is 13.3. The lowest BCUT2D eigenvalue weighted by Gasteiger charge is -2.27. The highest BCUT2D eigenvalue weighted by Crippen LogP contribution is 2.33. The van der Waals surface area contributed by atoms with Crippen LogP contribution in [0.15, 0.2) is 72.3 Å². The Kier molecular flexibility index (Phi) is 9.20. The van der Waals surface area contributed by atoms with Crippen molar-refractivity contribution in [2.45, 2.75) is 13.3 Å². The molecular formula is C30H29N3O8. The van der Waals surface area contributed by atoms with Crippen LogP contribution in [0.4, 0.5) is 16.2 Å². The average Bonchev–Trinajstić information content (AvgIpc) is 2.98. The number of carbonyl (C=O) groups excluding carboxylic acids is 4. The van der Waals surface area contributed by atoms with Crippen molar-refractivity contribution >= 4 is 41.2 Å². The quantitative estimate of drug-likeness (QED) is 0.264. The highest BCUT2D eigenvalue weighted by Gasteiger charge is 2.37. The first-order valence-electron chi connectivity index (χ1n) is 12.7. The highest BCUT2D eigenvalue weighted by atomic mass is 16.5. The van der Waals surface area contributed by atoms with Gasteiger partial charge in [-0.05, 0) is 66.6 Å². The number of nitrogens with zero attached hydrogens (tertiary/aromatic N) is 1. The molecule has 0 aromatic heterocycles. The number of carbonyl (C=O) groups is 4. The van der Waals surface area contributed by atoms with Gasteiger partial charge in [-0.2, -0.15) is 0 Å². The van der Waals surface area contributed by atoms with E-state index in [9.17, 15) is 19.2 Å². The lowest BCUT2D eigenvalue weighted by Crippen LogP contribution is -2.54. The molecule has 1 heterocycles. The summed E-state index contributed by atoms with van der Waals surface area (Å²) in [5.41, 5.74) is 1.09. The number of anilines is 2. The number of benzene rings is 3. The largest absolute Gasteiger partial charge is 0.497 e. The molecule has 0 radical (unpaired) electrons. The minimum Gasteiger partial charge on any atom is -0.497 e. The molecule has 11 nitrogen and oxygen atoms in total. The summed E-state index contributed by atoms with van der Waals surface area (Å²) in [7, 11) is 3.01. The maximum absolute atomic E-state index is 13.3. The van der Waals surface area contributed by atoms with Crippen LogP contribution in [0.25, 0.3) is 6.08 Å². The molecule has 212 valence electrons. The number of hydrogen-bond acceptors (Lipinski definition) is 8. The first-order chi connectivity index (χ1) is 19.8. The van der Waals surface area contributed by atoms with Crippen LogP contribution < -0.4 is 34.5 Å². The Labute approximate surface area is 236 Å². The number of barbiturate groups is 1. The van der Waals surface area contributed by atoms with E-state index in [1.165, 1.54) is 25.3 Å². The van der Waals surface area contributed by atoms with E-state index < -0.39 is 17.8 Å². The van der Waals surface area contributed by atoms with Gasteiger partial charge >= 0.3 is 6.03 Å². The van der Waals surface area contributed by atoms with E-state index in [0.717, 1.165) is 11.3 Å². The van der Waals surface area contributed by atoms with Gasteiger partial charge in [0.05, 0.1) is 26.5 Å². The lowest BCUT2D eigenvalue weighted by molar-refractivity contribution is -0.122. The van der Waals surface area contributed by atoms with Gasteiger partial charge in [-0.3, -0.25) is 19.7 Å². The molecular weight excluding hydrogens is 530 g/mol. The van der Waals surface area contributed by atoms with Crippen molar-refractivity contribution in [1.29, 1.82) is 0 Å². The Balaban J connectivity index is 1.43. The summed E-state index contributed by atoms with van der Waals surface area (Å²) in [5, 5.41) is 4.92. The van der Waals surface area contributed by atoms with Gasteiger partial charge in [0.1, 0.15) is 17.1 Å². The zero-order chi connectivity index (χ0) is 29.4. The van der Waals surface area contributed by atoms with Crippen LogP contribution in [0.5, 0.6) is 23.0 Å². The van der Waals surface area contributed by atoms with E-state index >= 15 is 0 Å². The van der Waals surface area contributed by atoms with E-state index in [2.05, 4.69) is 10.6 Å². The lowest BCUT2D eigenvalue weighted by atomic mass is 10.1. The monoisotopic (exact) mass is 559 g/mol. The number of rotatable bonds is 11. The molecule has 1 aliphatic heterocycles. The predicted molar refractivity (Wildman–Crippen MR) is 151 cm³/mol. The van der Waals surface area contributed by atoms with Gasteiger partial charge in [0.15, 0.2) is 18.1 Å². The molecule has 0 atom stereocenters. The van der Waals surface area contributed by atoms with E-state index in [1.807, 2.05) is 6.92 Å². The number of nitrogens with one attached hydrogen (secondary N) is 2. The minimum absolute atomic E-state index is 0.211. The third-order valence-electron chi connectivity index (χ3n) is 5.90. The topological polar surface area (TPSA) is 132 Å². The van der Waals surface area contributed by atoms with E-state index in [-0.39, 0.29) is 23.8 Å². The van der Waals surface area contributed by atoms with Crippen molar-refractivity contribution < 1.29 is 38.1 Å². The van der Waals surface area contributed by atoms with Gasteiger partial charge in [0.25, 0.3) is 17.7 Å². The van der Waals surface area contributed by atoms with Crippen molar-refractivity contribution in [2.75, 3.05) is 37.7 Å². The highest BCUT2D eigenvalue weighted by molar-refractivity contribution is 6.39. The molecule has 1 fully saturated rings. The third-order valence-corrected chi connectivity index (χ3v) is 5.90. The van der Waals surface area contributed by atoms with Crippen molar-refractivity contribution in [3.63, 3.8) is 0 Å². The molecule has 2 N–H and O–H groups in total. The fourth-order valence-corrected chi connectivity index (χ4v) is 3.87. The van der Waals surface area contributed by atoms with Gasteiger partial charge in [-0.25, -0.2) is 9.69 Å². The van der Waals surface area contributed by atoms with E-state index in [0.29, 0.717) is 40.9 Å². The fourth-order valence-electron chi connectivity index (χ4n) is 3.87. The second-order valence-electron chi connectivity index (χ2n) is 8.78. The standard InChI is InChI=1S/C30H29N3O8/c1-4-15-40-25-14-9-21(17-26(25)39-3)33-29(36)24(28(35)32-30(33)37)16-19-5-10-23(11-6-19)41-18-27(34)31-20-7-12-22(38-2)13-8-20/h5-14,16-17H,4,15,18H2,1-3H3,(H,31,34)(H,32,35,37)/b24-16-. The molecule has 0 unspecified atom stereocenters. The van der Waals surface area contributed by atoms with Gasteiger partial charge in [0, 0.05) is 11.8 Å². The molecule has 1 saturated heterocycles. The fraction of sp³-hybridized carbons (Fsp3) is 0.200. The van der Waals surface area contributed by atoms with E-state index in [1.54, 1.807) is 61.7 Å². The molecule has 3 aromatic rings. The predicted octanol–water partition coefficient (Wildman–Crippen LogP) is 4.18. The van der Waals surface area contributed by atoms with Gasteiger partial charge in [0.2, 0.25) is 0 Å². The summed E-state index contributed by atoms with van der Waals surface area (Å²) in [6.45, 7) is 2.21. The van der Waals surface area contributed by atoms with Crippen LogP contribution >= 0.6 is 0 Å². The van der Waals surface area contributed by atoms with Crippen LogP contribution in [0.3, 0.4) is 0 Å². The molecule has 4 rings (SSSR count). The van der Waals surface area contributed by atoms with Gasteiger partial charge < -0.3 is 24.3 Å². The summed E-state index contributed by atoms with van der Waals surface area (Å²) in [6.07, 6.45) is 2.16. The Morgan fingerprint density at radius 3 is 2.24 bits per heavy atom. The van der Waals surface area contributed by atoms with Gasteiger partial charge in [-0.1, -0.05) is 19.1 Å². The SMILES string of the molecule is CCCOc1ccc(N2C(=O)NC(=O)/C(=C/c3ccc(OCC(=O)Nc4ccc(OC)cc4)cc3)C2=O)cc1OC. The zero-order valence-electron chi connectivity index (χ0n) is 22.8. The second kappa shape index (κ2) is 13.2. The summed E-state index contributed by atoms with van der Waals surface area (Å²) >= 11 is 0. The summed E-state index contributed by atoms with van der Waals surface area (Å²) in [4.78, 5) is 51.5. The summed E-state index contributed by atoms with van der Waals surface area (Å²) < 4.78 is 21.6. The van der Waals surface area contributed by atoms with Crippen molar-refractivity contribution in [1.82, 2.24) is 5.32 Å². The smallest absolute Gasteiger partial charge is 0.335 e. The molecule has 0 bridgehead atoms. The molecule has 0 spiro atoms. The molecule has 3 aromatic carbocycles. The number of amides is 5. The van der Waals surface area contributed by atoms with Crippen molar-refractivity contribution in [3.8, 4) is 23.0 Å². The number of urea groups is 1. The Morgan fingerprint density at radius 2 is 1.59 bits per heavy atom. The van der Waals surface area contributed by atoms with Crippen LogP contribution in [0.2, 0.25) is 0 Å². The second-order valence-corrected chi connectivity index (χ2v) is 8.78. The molecule has 11 heteroatoms. The summed E-state index contributed by atoms with van der Waals surface area (Å²) in [6, 6.07) is 17.1. The first-order valence-corrected chi connectivity index (χ1v) is 12.7. The van der Waals surface area contributed by atoms with Crippen molar-refractivity contribution in [3.05, 3.63) is 77.9 Å². The normalized spacial score (nSPS) is 14.0. The zero-order valence-corrected chi connectivity index (χ0v) is 22.8.